The minimum absolute atomic E-state index is 0.0159. The maximum Gasteiger partial charge on any atom is 0.411 e. The summed E-state index contributed by atoms with van der Waals surface area (Å²) in [5, 5.41) is 9.90. The van der Waals surface area contributed by atoms with Crippen LogP contribution in [0.4, 0.5) is 14.9 Å². The van der Waals surface area contributed by atoms with Crippen molar-refractivity contribution in [2.45, 2.75) is 77.0 Å². The quantitative estimate of drug-likeness (QED) is 0.391. The number of piperidine rings is 1. The zero-order valence-corrected chi connectivity index (χ0v) is 25.7. The van der Waals surface area contributed by atoms with E-state index in [0.29, 0.717) is 24.1 Å². The normalized spacial score (nSPS) is 21.7. The molecule has 3 aliphatic rings. The van der Waals surface area contributed by atoms with Gasteiger partial charge in [-0.15, -0.1) is 0 Å². The summed E-state index contributed by atoms with van der Waals surface area (Å²) in [6.07, 6.45) is 2.39. The Balaban J connectivity index is 1.26. The van der Waals surface area contributed by atoms with Crippen LogP contribution >= 0.6 is 0 Å². The highest BCUT2D eigenvalue weighted by atomic mass is 19.1. The number of halogens is 1. The number of nitriles is 1. The molecule has 8 nitrogen and oxygen atoms in total. The Labute approximate surface area is 253 Å². The standard InChI is InChI=1S/C34H41FN4O4/c1-34(2,3)43-33(42)39-27-10-8-25(17-27)32(39)30(40)15-21(20-36)14-24-7-6-23(18-28(24)35)22-9-11-29-26(16-22)19-31(41)38(29)13-12-37(4)5/h6-7,9,11,16,18,21,25,27,32H,8,10,12-15,17,19H2,1-5H3/t21-,25+,27-,32+/m1/s1. The molecule has 1 saturated heterocycles. The van der Waals surface area contributed by atoms with Gasteiger partial charge in [0, 0.05) is 31.2 Å². The number of amides is 2. The third kappa shape index (κ3) is 6.59. The molecule has 0 unspecified atom stereocenters. The number of rotatable bonds is 9. The molecule has 0 spiro atoms. The van der Waals surface area contributed by atoms with Crippen molar-refractivity contribution in [3.8, 4) is 17.2 Å². The molecule has 0 aromatic heterocycles. The van der Waals surface area contributed by atoms with Gasteiger partial charge in [0.25, 0.3) is 0 Å². The average molecular weight is 589 g/mol. The van der Waals surface area contributed by atoms with E-state index in [4.69, 9.17) is 4.74 Å². The van der Waals surface area contributed by atoms with Crippen LogP contribution in [0.3, 0.4) is 0 Å². The van der Waals surface area contributed by atoms with Crippen molar-refractivity contribution in [1.82, 2.24) is 9.80 Å². The fraction of sp³-hybridized carbons (Fsp3) is 0.529. The molecule has 1 aliphatic carbocycles. The molecule has 43 heavy (non-hydrogen) atoms. The summed E-state index contributed by atoms with van der Waals surface area (Å²) in [6.45, 7) is 6.78. The van der Waals surface area contributed by atoms with Gasteiger partial charge in [0.15, 0.2) is 5.78 Å². The van der Waals surface area contributed by atoms with Crippen molar-refractivity contribution in [3.63, 3.8) is 0 Å². The maximum atomic E-state index is 15.4. The van der Waals surface area contributed by atoms with Crippen LogP contribution < -0.4 is 4.90 Å². The number of anilines is 1. The lowest BCUT2D eigenvalue weighted by molar-refractivity contribution is -0.126. The van der Waals surface area contributed by atoms with E-state index < -0.39 is 29.5 Å². The monoisotopic (exact) mass is 588 g/mol. The van der Waals surface area contributed by atoms with Crippen LogP contribution in [0.2, 0.25) is 0 Å². The number of Topliss-reactive ketones (excluding diaryl/α,β-unsaturated/α-hetero) is 1. The molecular formula is C34H41FN4O4. The molecule has 1 saturated carbocycles. The lowest BCUT2D eigenvalue weighted by Crippen LogP contribution is -2.51. The van der Waals surface area contributed by atoms with Crippen molar-refractivity contribution in [1.29, 1.82) is 5.26 Å². The largest absolute Gasteiger partial charge is 0.444 e. The molecule has 2 bridgehead atoms. The first-order valence-corrected chi connectivity index (χ1v) is 15.1. The number of carbonyl (C=O) groups excluding carboxylic acids is 3. The lowest BCUT2D eigenvalue weighted by atomic mass is 9.87. The van der Waals surface area contributed by atoms with Gasteiger partial charge in [0.05, 0.1) is 24.4 Å². The first kappa shape index (κ1) is 30.7. The Hall–Kier alpha value is -3.77. The first-order valence-electron chi connectivity index (χ1n) is 15.1. The minimum Gasteiger partial charge on any atom is -0.444 e. The fourth-order valence-electron chi connectivity index (χ4n) is 6.77. The van der Waals surface area contributed by atoms with Gasteiger partial charge in [0.1, 0.15) is 11.4 Å². The second kappa shape index (κ2) is 12.1. The van der Waals surface area contributed by atoms with E-state index in [1.807, 2.05) is 43.3 Å². The predicted octanol–water partition coefficient (Wildman–Crippen LogP) is 5.37. The smallest absolute Gasteiger partial charge is 0.411 e. The highest BCUT2D eigenvalue weighted by molar-refractivity contribution is 6.02. The number of ketones is 1. The summed E-state index contributed by atoms with van der Waals surface area (Å²) in [4.78, 5) is 44.5. The summed E-state index contributed by atoms with van der Waals surface area (Å²) < 4.78 is 21.0. The molecule has 2 heterocycles. The second-order valence-corrected chi connectivity index (χ2v) is 13.4. The Bertz CT molecular complexity index is 1460. The molecule has 2 amide bonds. The van der Waals surface area contributed by atoms with Crippen molar-refractivity contribution in [2.24, 2.45) is 11.8 Å². The molecule has 0 radical (unpaired) electrons. The van der Waals surface area contributed by atoms with E-state index in [9.17, 15) is 19.6 Å². The van der Waals surface area contributed by atoms with E-state index in [1.54, 1.807) is 36.6 Å². The Morgan fingerprint density at radius 3 is 2.53 bits per heavy atom. The number of fused-ring (bicyclic) bond motifs is 3. The number of hydrogen-bond donors (Lipinski definition) is 0. The van der Waals surface area contributed by atoms with Gasteiger partial charge in [-0.05, 0) is 107 Å². The van der Waals surface area contributed by atoms with Crippen molar-refractivity contribution in [3.05, 3.63) is 53.3 Å². The van der Waals surface area contributed by atoms with Gasteiger partial charge in [-0.3, -0.25) is 14.5 Å². The van der Waals surface area contributed by atoms with Gasteiger partial charge in [-0.25, -0.2) is 9.18 Å². The molecule has 2 fully saturated rings. The molecule has 9 heteroatoms. The van der Waals surface area contributed by atoms with Gasteiger partial charge < -0.3 is 14.5 Å². The molecule has 4 atom stereocenters. The van der Waals surface area contributed by atoms with Crippen LogP contribution in [0, 0.1) is 29.0 Å². The Morgan fingerprint density at radius 2 is 1.86 bits per heavy atom. The van der Waals surface area contributed by atoms with Gasteiger partial charge in [-0.2, -0.15) is 5.26 Å². The van der Waals surface area contributed by atoms with Crippen LogP contribution in [0.25, 0.3) is 11.1 Å². The number of likely N-dealkylation sites (N-methyl/N-ethyl adjacent to an activating group) is 1. The van der Waals surface area contributed by atoms with Crippen LogP contribution in [0.1, 0.15) is 57.6 Å². The SMILES string of the molecule is CN(C)CCN1C(=O)Cc2cc(-c3ccc(C[C@@H](C#N)CC(=O)[C@@H]4[C@H]5CC[C@H](C5)N4C(=O)OC(C)(C)C)c(F)c3)ccc21. The van der Waals surface area contributed by atoms with E-state index >= 15 is 4.39 Å². The zero-order chi connectivity index (χ0) is 31.1. The Morgan fingerprint density at radius 1 is 1.14 bits per heavy atom. The summed E-state index contributed by atoms with van der Waals surface area (Å²) in [7, 11) is 3.94. The van der Waals surface area contributed by atoms with Gasteiger partial charge in [-0.1, -0.05) is 18.2 Å². The van der Waals surface area contributed by atoms with E-state index in [2.05, 4.69) is 6.07 Å². The third-order valence-corrected chi connectivity index (χ3v) is 8.79. The van der Waals surface area contributed by atoms with E-state index in [-0.39, 0.29) is 36.5 Å². The van der Waals surface area contributed by atoms with Crippen molar-refractivity contribution in [2.75, 3.05) is 32.1 Å². The molecule has 0 N–H and O–H groups in total. The van der Waals surface area contributed by atoms with Gasteiger partial charge in [0.2, 0.25) is 5.91 Å². The number of hydrogen-bond acceptors (Lipinski definition) is 6. The number of carbonyl (C=O) groups is 3. The molecule has 2 aliphatic heterocycles. The number of likely N-dealkylation sites (tertiary alicyclic amines) is 1. The van der Waals surface area contributed by atoms with E-state index in [0.717, 1.165) is 42.6 Å². The summed E-state index contributed by atoms with van der Waals surface area (Å²) in [5.74, 6) is -1.18. The van der Waals surface area contributed by atoms with Gasteiger partial charge >= 0.3 is 6.09 Å². The Kier molecular flexibility index (Phi) is 8.62. The van der Waals surface area contributed by atoms with Crippen LogP contribution in [0.5, 0.6) is 0 Å². The molecular weight excluding hydrogens is 547 g/mol. The average Bonchev–Trinajstić information content (AvgIpc) is 3.63. The van der Waals surface area contributed by atoms with Crippen LogP contribution in [-0.4, -0.2) is 72.5 Å². The molecule has 2 aromatic carbocycles. The lowest BCUT2D eigenvalue weighted by Gasteiger charge is -2.35. The van der Waals surface area contributed by atoms with E-state index in [1.165, 1.54) is 6.07 Å². The molecule has 228 valence electrons. The number of benzene rings is 2. The minimum atomic E-state index is -0.716. The summed E-state index contributed by atoms with van der Waals surface area (Å²) in [5.41, 5.74) is 3.02. The highest BCUT2D eigenvalue weighted by Gasteiger charge is 2.52. The fourth-order valence-corrected chi connectivity index (χ4v) is 6.77. The molecule has 2 aromatic rings. The topological polar surface area (TPSA) is 94.0 Å². The first-order chi connectivity index (χ1) is 20.3. The van der Waals surface area contributed by atoms with Crippen molar-refractivity contribution >= 4 is 23.5 Å². The summed E-state index contributed by atoms with van der Waals surface area (Å²) >= 11 is 0. The number of nitrogens with zero attached hydrogens (tertiary/aromatic N) is 4. The number of ether oxygens (including phenoxy) is 1. The molecule has 5 rings (SSSR count). The van der Waals surface area contributed by atoms with Crippen LogP contribution in [0.15, 0.2) is 36.4 Å². The van der Waals surface area contributed by atoms with Crippen LogP contribution in [-0.2, 0) is 27.2 Å². The second-order valence-electron chi connectivity index (χ2n) is 13.4. The highest BCUT2D eigenvalue weighted by Crippen LogP contribution is 2.44. The zero-order valence-electron chi connectivity index (χ0n) is 25.7. The maximum absolute atomic E-state index is 15.4. The predicted molar refractivity (Wildman–Crippen MR) is 162 cm³/mol. The third-order valence-electron chi connectivity index (χ3n) is 8.79. The summed E-state index contributed by atoms with van der Waals surface area (Å²) in [6, 6.07) is 12.3. The van der Waals surface area contributed by atoms with Crippen molar-refractivity contribution < 1.29 is 23.5 Å².